The average molecular weight is 479 g/mol. The van der Waals surface area contributed by atoms with Crippen LogP contribution in [-0.4, -0.2) is 34.6 Å². The quantitative estimate of drug-likeness (QED) is 0.409. The summed E-state index contributed by atoms with van der Waals surface area (Å²) in [5.74, 6) is -0.775. The van der Waals surface area contributed by atoms with Crippen LogP contribution >= 0.6 is 23.5 Å². The normalized spacial score (nSPS) is 33.9. The lowest BCUT2D eigenvalue weighted by atomic mass is 9.78. The van der Waals surface area contributed by atoms with Crippen molar-refractivity contribution in [2.75, 3.05) is 5.75 Å². The maximum absolute atomic E-state index is 14.1. The molecule has 1 aromatic rings. The number of carbonyl (C=O) groups is 1. The topological polar surface area (TPSA) is 75.3 Å². The van der Waals surface area contributed by atoms with Crippen molar-refractivity contribution < 1.29 is 23.1 Å². The Balaban J connectivity index is 0.000000187. The van der Waals surface area contributed by atoms with E-state index in [1.165, 1.54) is 12.1 Å². The number of nitrogens with one attached hydrogen (secondary N) is 1. The molecule has 31 heavy (non-hydrogen) atoms. The molecule has 3 aliphatic rings. The summed E-state index contributed by atoms with van der Waals surface area (Å²) in [6, 6.07) is 2.42. The summed E-state index contributed by atoms with van der Waals surface area (Å²) in [7, 11) is 0. The van der Waals surface area contributed by atoms with Gasteiger partial charge in [0, 0.05) is 23.3 Å². The summed E-state index contributed by atoms with van der Waals surface area (Å²) < 4.78 is 44.8. The van der Waals surface area contributed by atoms with Gasteiger partial charge in [-0.15, -0.1) is 0 Å². The molecule has 4 nitrogen and oxygen atoms in total. The second-order valence-corrected chi connectivity index (χ2v) is 10.6. The standard InChI is InChI=1S/C14H14ClF3.C8H16N2O2S/c15-10-1-2-11(16)9(12(10)17)7-13-3-5-14(18,8-13)6-4-13;1-2-13-10-6-3-5(8(9)12)4-7(6)11/h1-2H,3-8H2;5-7,10-11H,2-4H2,1H3,(H2,9,12). The van der Waals surface area contributed by atoms with E-state index in [0.29, 0.717) is 32.1 Å². The number of halogens is 4. The summed E-state index contributed by atoms with van der Waals surface area (Å²) in [6.07, 6.45) is 3.90. The van der Waals surface area contributed by atoms with Crippen LogP contribution in [0.5, 0.6) is 0 Å². The Morgan fingerprint density at radius 2 is 1.97 bits per heavy atom. The molecule has 0 aromatic heterocycles. The molecule has 174 valence electrons. The number of aliphatic hydroxyl groups is 1. The lowest BCUT2D eigenvalue weighted by Gasteiger charge is -2.26. The Kier molecular flexibility index (Phi) is 7.88. The first kappa shape index (κ1) is 24.7. The summed E-state index contributed by atoms with van der Waals surface area (Å²) in [4.78, 5) is 10.8. The van der Waals surface area contributed by atoms with Gasteiger partial charge in [-0.2, -0.15) is 0 Å². The zero-order chi connectivity index (χ0) is 22.8. The second-order valence-electron chi connectivity index (χ2n) is 9.12. The third-order valence-corrected chi connectivity index (χ3v) is 7.95. The van der Waals surface area contributed by atoms with E-state index < -0.39 is 23.4 Å². The summed E-state index contributed by atoms with van der Waals surface area (Å²) >= 11 is 7.24. The number of aliphatic hydroxyl groups excluding tert-OH is 1. The summed E-state index contributed by atoms with van der Waals surface area (Å²) in [5.41, 5.74) is 3.83. The highest BCUT2D eigenvalue weighted by Gasteiger charge is 2.55. The number of nitrogens with two attached hydrogens (primary N) is 1. The van der Waals surface area contributed by atoms with Crippen molar-refractivity contribution in [2.45, 2.75) is 76.1 Å². The highest BCUT2D eigenvalue weighted by molar-refractivity contribution is 7.97. The molecule has 0 heterocycles. The van der Waals surface area contributed by atoms with Crippen molar-refractivity contribution in [1.82, 2.24) is 4.72 Å². The summed E-state index contributed by atoms with van der Waals surface area (Å²) in [6.45, 7) is 2.03. The Labute approximate surface area is 190 Å². The molecule has 3 saturated carbocycles. The molecule has 3 unspecified atom stereocenters. The third kappa shape index (κ3) is 5.70. The number of rotatable bonds is 6. The van der Waals surface area contributed by atoms with Gasteiger partial charge in [0.15, 0.2) is 0 Å². The van der Waals surface area contributed by atoms with Gasteiger partial charge in [0.25, 0.3) is 0 Å². The monoisotopic (exact) mass is 478 g/mol. The van der Waals surface area contributed by atoms with Gasteiger partial charge < -0.3 is 10.8 Å². The molecular weight excluding hydrogens is 449 g/mol. The van der Waals surface area contributed by atoms with Crippen molar-refractivity contribution in [3.63, 3.8) is 0 Å². The van der Waals surface area contributed by atoms with Gasteiger partial charge >= 0.3 is 0 Å². The van der Waals surface area contributed by atoms with E-state index in [-0.39, 0.29) is 40.3 Å². The van der Waals surface area contributed by atoms with Crippen LogP contribution < -0.4 is 10.5 Å². The number of carbonyl (C=O) groups excluding carboxylic acids is 1. The average Bonchev–Trinajstić information content (AvgIpc) is 3.37. The Bertz CT molecular complexity index is 805. The fraction of sp³-hybridized carbons (Fsp3) is 0.682. The van der Waals surface area contributed by atoms with Crippen LogP contribution in [-0.2, 0) is 11.2 Å². The Morgan fingerprint density at radius 1 is 1.29 bits per heavy atom. The molecule has 0 spiro atoms. The van der Waals surface area contributed by atoms with E-state index in [4.69, 9.17) is 17.3 Å². The number of hydrogen-bond donors (Lipinski definition) is 3. The maximum atomic E-state index is 14.1. The van der Waals surface area contributed by atoms with Crippen molar-refractivity contribution in [3.05, 3.63) is 34.4 Å². The van der Waals surface area contributed by atoms with E-state index in [9.17, 15) is 23.1 Å². The fourth-order valence-electron chi connectivity index (χ4n) is 5.16. The number of primary amides is 1. The van der Waals surface area contributed by atoms with Crippen LogP contribution in [0, 0.1) is 23.0 Å². The molecule has 1 amide bonds. The number of fused-ring (bicyclic) bond motifs is 2. The number of amides is 1. The smallest absolute Gasteiger partial charge is 0.220 e. The minimum absolute atomic E-state index is 0.0162. The van der Waals surface area contributed by atoms with Crippen molar-refractivity contribution in [1.29, 1.82) is 0 Å². The van der Waals surface area contributed by atoms with E-state index >= 15 is 0 Å². The minimum atomic E-state index is -1.09. The maximum Gasteiger partial charge on any atom is 0.220 e. The zero-order valence-corrected chi connectivity index (χ0v) is 19.2. The van der Waals surface area contributed by atoms with Crippen LogP contribution in [0.2, 0.25) is 5.02 Å². The molecule has 4 rings (SSSR count). The molecule has 3 aliphatic carbocycles. The first-order valence-electron chi connectivity index (χ1n) is 10.7. The van der Waals surface area contributed by atoms with Gasteiger partial charge in [-0.25, -0.2) is 13.2 Å². The molecule has 9 heteroatoms. The molecule has 0 aliphatic heterocycles. The fourth-order valence-corrected chi connectivity index (χ4v) is 5.98. The number of alkyl halides is 1. The third-order valence-electron chi connectivity index (χ3n) is 6.90. The van der Waals surface area contributed by atoms with Gasteiger partial charge in [-0.05, 0) is 68.9 Å². The largest absolute Gasteiger partial charge is 0.391 e. The van der Waals surface area contributed by atoms with Crippen molar-refractivity contribution in [2.24, 2.45) is 17.1 Å². The molecule has 3 fully saturated rings. The van der Waals surface area contributed by atoms with Gasteiger partial charge in [0.1, 0.15) is 17.3 Å². The zero-order valence-electron chi connectivity index (χ0n) is 17.6. The Morgan fingerprint density at radius 3 is 2.48 bits per heavy atom. The highest BCUT2D eigenvalue weighted by Crippen LogP contribution is 2.59. The SMILES string of the molecule is CCSNC1CC(C(N)=O)CC1O.Fc1ccc(Cl)c(F)c1CC12CCC(F)(CC1)C2. The van der Waals surface area contributed by atoms with Crippen LogP contribution in [0.1, 0.15) is 57.4 Å². The first-order chi connectivity index (χ1) is 14.6. The van der Waals surface area contributed by atoms with Gasteiger partial charge in [-0.1, -0.05) is 30.5 Å². The first-order valence-corrected chi connectivity index (χ1v) is 12.1. The molecule has 0 radical (unpaired) electrons. The van der Waals surface area contributed by atoms with E-state index in [2.05, 4.69) is 4.72 Å². The van der Waals surface area contributed by atoms with Crippen LogP contribution in [0.4, 0.5) is 13.2 Å². The predicted molar refractivity (Wildman–Crippen MR) is 117 cm³/mol. The van der Waals surface area contributed by atoms with Gasteiger partial charge in [-0.3, -0.25) is 9.52 Å². The number of hydrogen-bond acceptors (Lipinski definition) is 4. The van der Waals surface area contributed by atoms with Crippen molar-refractivity contribution >= 4 is 29.5 Å². The minimum Gasteiger partial charge on any atom is -0.391 e. The van der Waals surface area contributed by atoms with Crippen molar-refractivity contribution in [3.8, 4) is 0 Å². The lowest BCUT2D eigenvalue weighted by molar-refractivity contribution is -0.121. The van der Waals surface area contributed by atoms with E-state index in [0.717, 1.165) is 18.6 Å². The summed E-state index contributed by atoms with van der Waals surface area (Å²) in [5, 5.41) is 9.49. The molecule has 0 saturated heterocycles. The van der Waals surface area contributed by atoms with E-state index in [1.54, 1.807) is 11.9 Å². The molecule has 2 bridgehead atoms. The molecule has 3 atom stereocenters. The number of benzene rings is 1. The highest BCUT2D eigenvalue weighted by atomic mass is 35.5. The van der Waals surface area contributed by atoms with Gasteiger partial charge in [0.05, 0.1) is 11.1 Å². The molecule has 1 aromatic carbocycles. The molecular formula is C22H30ClF3N2O2S. The second kappa shape index (κ2) is 9.89. The van der Waals surface area contributed by atoms with Crippen LogP contribution in [0.15, 0.2) is 12.1 Å². The van der Waals surface area contributed by atoms with Crippen LogP contribution in [0.25, 0.3) is 0 Å². The van der Waals surface area contributed by atoms with E-state index in [1.807, 2.05) is 6.92 Å². The predicted octanol–water partition coefficient (Wildman–Crippen LogP) is 4.70. The lowest BCUT2D eigenvalue weighted by Crippen LogP contribution is -2.31. The van der Waals surface area contributed by atoms with Crippen LogP contribution in [0.3, 0.4) is 0 Å². The van der Waals surface area contributed by atoms with Gasteiger partial charge in [0.2, 0.25) is 5.91 Å². The molecule has 4 N–H and O–H groups in total. The Hall–Kier alpha value is -0.960.